The smallest absolute Gasteiger partial charge is 0.131 e. The lowest BCUT2D eigenvalue weighted by atomic mass is 10.2. The SMILES string of the molecule is c1ccc2c(c1)CSC(SC1CCCC1)=N2. The molecule has 3 rings (SSSR count). The second-order valence-corrected chi connectivity index (χ2v) is 6.83. The third kappa shape index (κ3) is 2.30. The molecule has 0 amide bonds. The Hall–Kier alpha value is -0.410. The minimum Gasteiger partial charge on any atom is -0.235 e. The molecule has 0 aromatic heterocycles. The fourth-order valence-corrected chi connectivity index (χ4v) is 4.77. The minimum atomic E-state index is 0.830. The van der Waals surface area contributed by atoms with Gasteiger partial charge in [-0.3, -0.25) is 0 Å². The van der Waals surface area contributed by atoms with Crippen molar-refractivity contribution in [1.82, 2.24) is 0 Å². The molecule has 84 valence electrons. The van der Waals surface area contributed by atoms with Gasteiger partial charge in [-0.15, -0.1) is 0 Å². The summed E-state index contributed by atoms with van der Waals surface area (Å²) in [6.07, 6.45) is 5.58. The highest BCUT2D eigenvalue weighted by Gasteiger charge is 2.20. The van der Waals surface area contributed by atoms with Crippen LogP contribution in [-0.4, -0.2) is 9.63 Å². The first-order chi connectivity index (χ1) is 7.92. The van der Waals surface area contributed by atoms with Gasteiger partial charge in [0.1, 0.15) is 4.38 Å². The van der Waals surface area contributed by atoms with Gasteiger partial charge in [-0.2, -0.15) is 0 Å². The molecule has 1 fully saturated rings. The summed E-state index contributed by atoms with van der Waals surface area (Å²) in [5.74, 6) is 1.09. The topological polar surface area (TPSA) is 12.4 Å². The molecule has 0 radical (unpaired) electrons. The Morgan fingerprint density at radius 2 is 2.00 bits per heavy atom. The third-order valence-electron chi connectivity index (χ3n) is 3.12. The minimum absolute atomic E-state index is 0.830. The van der Waals surface area contributed by atoms with Gasteiger partial charge >= 0.3 is 0 Å². The standard InChI is InChI=1S/C13H15NS2/c1-4-8-12-10(5-1)9-15-13(14-12)16-11-6-2-3-7-11/h1,4-5,8,11H,2-3,6-7,9H2. The number of nitrogens with zero attached hydrogens (tertiary/aromatic N) is 1. The normalized spacial score (nSPS) is 20.6. The van der Waals surface area contributed by atoms with Gasteiger partial charge in [0.15, 0.2) is 0 Å². The lowest BCUT2D eigenvalue weighted by Crippen LogP contribution is -2.02. The number of hydrogen-bond acceptors (Lipinski definition) is 3. The Kier molecular flexibility index (Phi) is 3.25. The highest BCUT2D eigenvalue weighted by atomic mass is 32.2. The second-order valence-electron chi connectivity index (χ2n) is 4.32. The molecule has 1 saturated carbocycles. The van der Waals surface area contributed by atoms with Gasteiger partial charge < -0.3 is 0 Å². The number of aliphatic imine (C=N–C) groups is 1. The van der Waals surface area contributed by atoms with E-state index in [2.05, 4.69) is 24.3 Å². The Morgan fingerprint density at radius 1 is 1.19 bits per heavy atom. The highest BCUT2D eigenvalue weighted by Crippen LogP contribution is 2.39. The molecule has 1 aromatic rings. The number of fused-ring (bicyclic) bond motifs is 1. The molecule has 0 spiro atoms. The summed E-state index contributed by atoms with van der Waals surface area (Å²) in [4.78, 5) is 4.75. The van der Waals surface area contributed by atoms with Gasteiger partial charge in [0.25, 0.3) is 0 Å². The van der Waals surface area contributed by atoms with Crippen molar-refractivity contribution in [1.29, 1.82) is 0 Å². The average Bonchev–Trinajstić information content (AvgIpc) is 2.82. The molecule has 0 atom stereocenters. The van der Waals surface area contributed by atoms with Crippen molar-refractivity contribution in [2.45, 2.75) is 36.7 Å². The fraction of sp³-hybridized carbons (Fsp3) is 0.462. The predicted octanol–water partition coefficient (Wildman–Crippen LogP) is 4.60. The van der Waals surface area contributed by atoms with Crippen molar-refractivity contribution in [3.05, 3.63) is 29.8 Å². The number of hydrogen-bond donors (Lipinski definition) is 0. The molecular formula is C13H15NS2. The predicted molar refractivity (Wildman–Crippen MR) is 74.7 cm³/mol. The molecule has 2 aliphatic rings. The van der Waals surface area contributed by atoms with Crippen LogP contribution in [0.2, 0.25) is 0 Å². The summed E-state index contributed by atoms with van der Waals surface area (Å²) in [7, 11) is 0. The number of benzene rings is 1. The van der Waals surface area contributed by atoms with Crippen molar-refractivity contribution >= 4 is 33.6 Å². The molecule has 3 heteroatoms. The van der Waals surface area contributed by atoms with Crippen LogP contribution in [0.25, 0.3) is 0 Å². The van der Waals surface area contributed by atoms with E-state index in [4.69, 9.17) is 4.99 Å². The van der Waals surface area contributed by atoms with E-state index in [1.807, 2.05) is 23.5 Å². The summed E-state index contributed by atoms with van der Waals surface area (Å²) >= 11 is 3.91. The van der Waals surface area contributed by atoms with E-state index in [1.54, 1.807) is 0 Å². The zero-order valence-corrected chi connectivity index (χ0v) is 10.8. The molecule has 0 unspecified atom stereocenters. The summed E-state index contributed by atoms with van der Waals surface area (Å²) in [6, 6.07) is 8.49. The van der Waals surface area contributed by atoms with Crippen LogP contribution >= 0.6 is 23.5 Å². The zero-order chi connectivity index (χ0) is 10.8. The average molecular weight is 249 g/mol. The second kappa shape index (κ2) is 4.84. The summed E-state index contributed by atoms with van der Waals surface area (Å²) in [5.41, 5.74) is 2.56. The van der Waals surface area contributed by atoms with Gasteiger partial charge in [-0.1, -0.05) is 54.6 Å². The molecular weight excluding hydrogens is 234 g/mol. The monoisotopic (exact) mass is 249 g/mol. The summed E-state index contributed by atoms with van der Waals surface area (Å²) in [6.45, 7) is 0. The van der Waals surface area contributed by atoms with E-state index in [-0.39, 0.29) is 0 Å². The van der Waals surface area contributed by atoms with E-state index < -0.39 is 0 Å². The van der Waals surface area contributed by atoms with Crippen LogP contribution in [-0.2, 0) is 5.75 Å². The Balaban J connectivity index is 1.75. The van der Waals surface area contributed by atoms with Gasteiger partial charge in [0.05, 0.1) is 5.69 Å². The van der Waals surface area contributed by atoms with Crippen LogP contribution in [0, 0.1) is 0 Å². The van der Waals surface area contributed by atoms with Gasteiger partial charge in [-0.05, 0) is 24.5 Å². The lowest BCUT2D eigenvalue weighted by Gasteiger charge is -2.16. The summed E-state index contributed by atoms with van der Waals surface area (Å²) in [5, 5.41) is 0.830. The zero-order valence-electron chi connectivity index (χ0n) is 9.19. The van der Waals surface area contributed by atoms with Crippen LogP contribution < -0.4 is 0 Å². The van der Waals surface area contributed by atoms with Crippen molar-refractivity contribution in [2.24, 2.45) is 4.99 Å². The largest absolute Gasteiger partial charge is 0.235 e. The molecule has 0 bridgehead atoms. The maximum absolute atomic E-state index is 4.75. The van der Waals surface area contributed by atoms with E-state index in [0.29, 0.717) is 0 Å². The maximum Gasteiger partial charge on any atom is 0.131 e. The van der Waals surface area contributed by atoms with Crippen molar-refractivity contribution in [3.63, 3.8) is 0 Å². The maximum atomic E-state index is 4.75. The van der Waals surface area contributed by atoms with E-state index >= 15 is 0 Å². The first-order valence-corrected chi connectivity index (χ1v) is 7.74. The van der Waals surface area contributed by atoms with Crippen molar-refractivity contribution in [2.75, 3.05) is 0 Å². The quantitative estimate of drug-likeness (QED) is 0.721. The Morgan fingerprint density at radius 3 is 2.88 bits per heavy atom. The molecule has 1 nitrogen and oxygen atoms in total. The van der Waals surface area contributed by atoms with E-state index in [0.717, 1.165) is 11.0 Å². The molecule has 1 aromatic carbocycles. The first-order valence-electron chi connectivity index (χ1n) is 5.88. The van der Waals surface area contributed by atoms with Crippen LogP contribution in [0.15, 0.2) is 29.3 Å². The molecule has 1 aliphatic heterocycles. The molecule has 1 aliphatic carbocycles. The highest BCUT2D eigenvalue weighted by molar-refractivity contribution is 8.38. The Labute approximate surface area is 105 Å². The third-order valence-corrected chi connectivity index (χ3v) is 5.66. The van der Waals surface area contributed by atoms with Crippen LogP contribution in [0.4, 0.5) is 5.69 Å². The molecule has 0 N–H and O–H groups in total. The van der Waals surface area contributed by atoms with Gasteiger partial charge in [-0.25, -0.2) is 4.99 Å². The number of rotatable bonds is 1. The molecule has 1 heterocycles. The lowest BCUT2D eigenvalue weighted by molar-refractivity contribution is 0.886. The van der Waals surface area contributed by atoms with E-state index in [1.165, 1.54) is 41.3 Å². The molecule has 0 saturated heterocycles. The van der Waals surface area contributed by atoms with Crippen molar-refractivity contribution in [3.8, 4) is 0 Å². The van der Waals surface area contributed by atoms with Gasteiger partial charge in [0.2, 0.25) is 0 Å². The molecule has 16 heavy (non-hydrogen) atoms. The van der Waals surface area contributed by atoms with Crippen LogP contribution in [0.3, 0.4) is 0 Å². The first kappa shape index (κ1) is 10.7. The van der Waals surface area contributed by atoms with Crippen LogP contribution in [0.1, 0.15) is 31.2 Å². The van der Waals surface area contributed by atoms with Crippen LogP contribution in [0.5, 0.6) is 0 Å². The summed E-state index contributed by atoms with van der Waals surface area (Å²) < 4.78 is 1.28. The Bertz CT molecular complexity index is 408. The fourth-order valence-electron chi connectivity index (χ4n) is 2.22. The number of thioether (sulfide) groups is 2. The van der Waals surface area contributed by atoms with Gasteiger partial charge in [0, 0.05) is 11.0 Å². The van der Waals surface area contributed by atoms with Crippen molar-refractivity contribution < 1.29 is 0 Å². The number of para-hydroxylation sites is 1. The van der Waals surface area contributed by atoms with E-state index in [9.17, 15) is 0 Å².